The number of carbonyl (C=O) groups is 3. The van der Waals surface area contributed by atoms with E-state index in [1.165, 1.54) is 4.68 Å². The number of nitrogens with two attached hydrogens (primary N) is 1. The van der Waals surface area contributed by atoms with Crippen molar-refractivity contribution < 1.29 is 19.1 Å². The predicted octanol–water partition coefficient (Wildman–Crippen LogP) is 4.02. The quantitative estimate of drug-likeness (QED) is 0.454. The number of aromatic nitrogens is 4. The summed E-state index contributed by atoms with van der Waals surface area (Å²) in [5, 5.41) is 11.5. The van der Waals surface area contributed by atoms with Crippen molar-refractivity contribution in [3.63, 3.8) is 0 Å². The summed E-state index contributed by atoms with van der Waals surface area (Å²) >= 11 is 0. The summed E-state index contributed by atoms with van der Waals surface area (Å²) in [6.07, 6.45) is 7.56. The topological polar surface area (TPSA) is 134 Å². The van der Waals surface area contributed by atoms with Gasteiger partial charge in [-0.25, -0.2) is 4.68 Å². The van der Waals surface area contributed by atoms with Crippen molar-refractivity contribution in [2.45, 2.75) is 58.1 Å². The largest absolute Gasteiger partial charge is 0.364 e. The van der Waals surface area contributed by atoms with Crippen LogP contribution in [0.2, 0.25) is 0 Å². The third kappa shape index (κ3) is 5.26. The molecule has 2 aliphatic rings. The molecule has 0 bridgehead atoms. The van der Waals surface area contributed by atoms with Crippen LogP contribution in [0.3, 0.4) is 0 Å². The third-order valence-electron chi connectivity index (χ3n) is 7.51. The Hall–Kier alpha value is -3.79. The first-order valence-electron chi connectivity index (χ1n) is 13.3. The van der Waals surface area contributed by atoms with Gasteiger partial charge in [0, 0.05) is 37.3 Å². The molecule has 3 heterocycles. The molecule has 2 aromatic heterocycles. The summed E-state index contributed by atoms with van der Waals surface area (Å²) in [4.78, 5) is 38.6. The fourth-order valence-corrected chi connectivity index (χ4v) is 5.63. The van der Waals surface area contributed by atoms with E-state index in [0.717, 1.165) is 55.7 Å². The molecular formula is C28H34N6O4. The summed E-state index contributed by atoms with van der Waals surface area (Å²) in [7, 11) is 1.65. The van der Waals surface area contributed by atoms with Gasteiger partial charge in [0.05, 0.1) is 17.1 Å². The van der Waals surface area contributed by atoms with E-state index < -0.39 is 17.7 Å². The van der Waals surface area contributed by atoms with Crippen LogP contribution in [-0.4, -0.2) is 43.8 Å². The number of aryl methyl sites for hydroxylation is 2. The van der Waals surface area contributed by atoms with Gasteiger partial charge in [-0.1, -0.05) is 37.1 Å². The van der Waals surface area contributed by atoms with Crippen molar-refractivity contribution in [2.75, 3.05) is 11.9 Å². The Balaban J connectivity index is 1.34. The standard InChI is InChI=1S/C28H34N6O4/c1-17-15-23(34(31-17)24-9-5-6-14-38-24)18-10-12-19(13-11-18)26(35)20-7-3-4-8-21(20)28(37)30-22-16-33(2)32-25(22)27(29)36/h10-13,15-16,20-21,24H,3-9,14H2,1-2H3,(H2,29,36)(H,30,37)/t20-,21-,24?/m1/s1. The molecule has 2 amide bonds. The Morgan fingerprint density at radius 2 is 1.71 bits per heavy atom. The van der Waals surface area contributed by atoms with Crippen molar-refractivity contribution in [2.24, 2.45) is 24.6 Å². The van der Waals surface area contributed by atoms with Gasteiger partial charge in [0.25, 0.3) is 5.91 Å². The Kier molecular flexibility index (Phi) is 7.42. The maximum absolute atomic E-state index is 13.6. The Morgan fingerprint density at radius 3 is 2.39 bits per heavy atom. The summed E-state index contributed by atoms with van der Waals surface area (Å²) in [5.74, 6) is -1.99. The molecule has 10 heteroatoms. The van der Waals surface area contributed by atoms with E-state index >= 15 is 0 Å². The fourth-order valence-electron chi connectivity index (χ4n) is 5.63. The van der Waals surface area contributed by atoms with Gasteiger partial charge in [-0.2, -0.15) is 10.2 Å². The van der Waals surface area contributed by atoms with Crippen molar-refractivity contribution in [1.29, 1.82) is 0 Å². The lowest BCUT2D eigenvalue weighted by molar-refractivity contribution is -0.122. The Labute approximate surface area is 221 Å². The van der Waals surface area contributed by atoms with E-state index in [1.54, 1.807) is 13.2 Å². The predicted molar refractivity (Wildman–Crippen MR) is 141 cm³/mol. The first-order valence-corrected chi connectivity index (χ1v) is 13.3. The molecular weight excluding hydrogens is 484 g/mol. The number of Topliss-reactive ketones (excluding diaryl/α,β-unsaturated/α-hetero) is 1. The fraction of sp³-hybridized carbons (Fsp3) is 0.464. The zero-order chi connectivity index (χ0) is 26.8. The molecule has 0 radical (unpaired) electrons. The zero-order valence-electron chi connectivity index (χ0n) is 21.9. The molecule has 2 fully saturated rings. The van der Waals surface area contributed by atoms with Crippen LogP contribution in [0.15, 0.2) is 36.5 Å². The first-order chi connectivity index (χ1) is 18.3. The SMILES string of the molecule is Cc1cc(-c2ccc(C(=O)[C@@H]3CCCC[C@H]3C(=O)Nc3cn(C)nc3C(N)=O)cc2)n(C2CCCCO2)n1. The number of rotatable bonds is 7. The lowest BCUT2D eigenvalue weighted by Gasteiger charge is -2.29. The van der Waals surface area contributed by atoms with Gasteiger partial charge in [0.1, 0.15) is 0 Å². The van der Waals surface area contributed by atoms with Gasteiger partial charge in [-0.3, -0.25) is 19.1 Å². The average molecular weight is 519 g/mol. The summed E-state index contributed by atoms with van der Waals surface area (Å²) in [6.45, 7) is 2.70. The lowest BCUT2D eigenvalue weighted by atomic mass is 9.75. The maximum atomic E-state index is 13.6. The van der Waals surface area contributed by atoms with Gasteiger partial charge in [0.15, 0.2) is 17.7 Å². The van der Waals surface area contributed by atoms with Crippen molar-refractivity contribution in [3.8, 4) is 11.3 Å². The minimum atomic E-state index is -0.719. The monoisotopic (exact) mass is 518 g/mol. The number of primary amides is 1. The van der Waals surface area contributed by atoms with Gasteiger partial charge in [-0.15, -0.1) is 0 Å². The molecule has 3 aromatic rings. The van der Waals surface area contributed by atoms with Crippen LogP contribution in [0.5, 0.6) is 0 Å². The van der Waals surface area contributed by atoms with Crippen LogP contribution >= 0.6 is 0 Å². The lowest BCUT2D eigenvalue weighted by Crippen LogP contribution is -2.36. The number of amides is 2. The molecule has 5 rings (SSSR count). The number of hydrogen-bond donors (Lipinski definition) is 2. The highest BCUT2D eigenvalue weighted by molar-refractivity contribution is 6.05. The smallest absolute Gasteiger partial charge is 0.271 e. The van der Waals surface area contributed by atoms with E-state index in [1.807, 2.05) is 41.9 Å². The molecule has 38 heavy (non-hydrogen) atoms. The number of ether oxygens (including phenoxy) is 1. The highest BCUT2D eigenvalue weighted by Crippen LogP contribution is 2.35. The molecule has 10 nitrogen and oxygen atoms in total. The first kappa shape index (κ1) is 25.8. The van der Waals surface area contributed by atoms with Gasteiger partial charge < -0.3 is 15.8 Å². The summed E-state index contributed by atoms with van der Waals surface area (Å²) in [5.41, 5.74) is 9.09. The van der Waals surface area contributed by atoms with Crippen molar-refractivity contribution in [1.82, 2.24) is 19.6 Å². The third-order valence-corrected chi connectivity index (χ3v) is 7.51. The normalized spacial score (nSPS) is 21.7. The number of benzene rings is 1. The number of ketones is 1. The van der Waals surface area contributed by atoms with E-state index in [2.05, 4.69) is 15.5 Å². The van der Waals surface area contributed by atoms with Gasteiger partial charge >= 0.3 is 0 Å². The number of hydrogen-bond acceptors (Lipinski definition) is 6. The highest BCUT2D eigenvalue weighted by Gasteiger charge is 2.36. The minimum absolute atomic E-state index is 0.00299. The van der Waals surface area contributed by atoms with Crippen LogP contribution < -0.4 is 11.1 Å². The second-order valence-corrected chi connectivity index (χ2v) is 10.3. The molecule has 0 spiro atoms. The highest BCUT2D eigenvalue weighted by atomic mass is 16.5. The van der Waals surface area contributed by atoms with E-state index in [4.69, 9.17) is 10.5 Å². The van der Waals surface area contributed by atoms with Gasteiger partial charge in [0.2, 0.25) is 5.91 Å². The summed E-state index contributed by atoms with van der Waals surface area (Å²) in [6, 6.07) is 9.59. The maximum Gasteiger partial charge on any atom is 0.271 e. The van der Waals surface area contributed by atoms with Gasteiger partial charge in [-0.05, 0) is 50.7 Å². The minimum Gasteiger partial charge on any atom is -0.364 e. The van der Waals surface area contributed by atoms with Crippen molar-refractivity contribution >= 4 is 23.3 Å². The second-order valence-electron chi connectivity index (χ2n) is 10.3. The molecule has 1 unspecified atom stereocenters. The molecule has 1 aliphatic carbocycles. The molecule has 1 aromatic carbocycles. The second kappa shape index (κ2) is 10.9. The Morgan fingerprint density at radius 1 is 1.00 bits per heavy atom. The molecule has 3 atom stereocenters. The van der Waals surface area contributed by atoms with Crippen LogP contribution in [0.25, 0.3) is 11.3 Å². The van der Waals surface area contributed by atoms with Crippen LogP contribution in [0.4, 0.5) is 5.69 Å². The van der Waals surface area contributed by atoms with E-state index in [0.29, 0.717) is 18.4 Å². The number of nitrogens with zero attached hydrogens (tertiary/aromatic N) is 4. The molecule has 3 N–H and O–H groups in total. The molecule has 200 valence electrons. The molecule has 1 saturated heterocycles. The van der Waals surface area contributed by atoms with Crippen LogP contribution in [0, 0.1) is 18.8 Å². The number of anilines is 1. The van der Waals surface area contributed by atoms with Crippen LogP contribution in [0.1, 0.15) is 77.7 Å². The zero-order valence-corrected chi connectivity index (χ0v) is 21.9. The van der Waals surface area contributed by atoms with Crippen LogP contribution in [-0.2, 0) is 16.6 Å². The summed E-state index contributed by atoms with van der Waals surface area (Å²) < 4.78 is 9.33. The number of nitrogens with one attached hydrogen (secondary N) is 1. The molecule has 1 aliphatic heterocycles. The van der Waals surface area contributed by atoms with E-state index in [9.17, 15) is 14.4 Å². The van der Waals surface area contributed by atoms with Crippen molar-refractivity contribution in [3.05, 3.63) is 53.5 Å². The average Bonchev–Trinajstić information content (AvgIpc) is 3.51. The van der Waals surface area contributed by atoms with E-state index in [-0.39, 0.29) is 29.3 Å². The molecule has 1 saturated carbocycles. The number of carbonyl (C=O) groups excluding carboxylic acids is 3. The Bertz CT molecular complexity index is 1340.